The normalized spacial score (nSPS) is 16.8. The molecule has 0 aliphatic heterocycles. The molecule has 1 heterocycles. The lowest BCUT2D eigenvalue weighted by Crippen LogP contribution is -2.31. The van der Waals surface area contributed by atoms with Crippen molar-refractivity contribution in [3.05, 3.63) is 54.4 Å². The first-order valence-corrected chi connectivity index (χ1v) is 7.78. The fourth-order valence-electron chi connectivity index (χ4n) is 3.04. The number of aromatic nitrogens is 1. The van der Waals surface area contributed by atoms with Gasteiger partial charge < -0.3 is 9.88 Å². The van der Waals surface area contributed by atoms with Gasteiger partial charge in [0.15, 0.2) is 0 Å². The smallest absolute Gasteiger partial charge is 0.223 e. The number of rotatable bonds is 4. The fraction of sp³-hybridized carbons (Fsp3) is 0.389. The van der Waals surface area contributed by atoms with Gasteiger partial charge in [0.2, 0.25) is 5.91 Å². The van der Waals surface area contributed by atoms with E-state index in [4.69, 9.17) is 0 Å². The van der Waals surface area contributed by atoms with Crippen LogP contribution in [0.4, 0.5) is 0 Å². The molecular formula is C18H22N2O. The van der Waals surface area contributed by atoms with Gasteiger partial charge in [0, 0.05) is 24.0 Å². The zero-order valence-electron chi connectivity index (χ0n) is 12.5. The molecule has 110 valence electrons. The Bertz CT molecular complexity index is 580. The highest BCUT2D eigenvalue weighted by atomic mass is 16.1. The molecule has 1 aliphatic carbocycles. The number of nitrogens with zero attached hydrogens (tertiary/aromatic N) is 1. The summed E-state index contributed by atoms with van der Waals surface area (Å²) in [7, 11) is 0. The number of hydrogen-bond acceptors (Lipinski definition) is 1. The lowest BCUT2D eigenvalue weighted by Gasteiger charge is -2.17. The van der Waals surface area contributed by atoms with Gasteiger partial charge in [-0.1, -0.05) is 25.0 Å². The van der Waals surface area contributed by atoms with E-state index in [0.717, 1.165) is 24.1 Å². The highest BCUT2D eigenvalue weighted by Gasteiger charge is 2.23. The summed E-state index contributed by atoms with van der Waals surface area (Å²) in [4.78, 5) is 12.2. The van der Waals surface area contributed by atoms with E-state index in [-0.39, 0.29) is 17.9 Å². The second-order valence-electron chi connectivity index (χ2n) is 5.89. The average Bonchev–Trinajstić information content (AvgIpc) is 3.20. The maximum Gasteiger partial charge on any atom is 0.223 e. The van der Waals surface area contributed by atoms with E-state index in [9.17, 15) is 4.79 Å². The van der Waals surface area contributed by atoms with Crippen LogP contribution in [-0.2, 0) is 4.79 Å². The topological polar surface area (TPSA) is 34.0 Å². The molecule has 0 bridgehead atoms. The molecule has 1 aromatic heterocycles. The van der Waals surface area contributed by atoms with Crippen molar-refractivity contribution in [3.8, 4) is 5.69 Å². The summed E-state index contributed by atoms with van der Waals surface area (Å²) in [6.07, 6.45) is 8.53. The second-order valence-corrected chi connectivity index (χ2v) is 5.89. The van der Waals surface area contributed by atoms with Crippen LogP contribution in [0.5, 0.6) is 0 Å². The summed E-state index contributed by atoms with van der Waals surface area (Å²) in [6, 6.07) is 12.5. The van der Waals surface area contributed by atoms with Gasteiger partial charge in [-0.05, 0) is 49.6 Å². The SMILES string of the molecule is C[C@@H](NC(=O)C1CCCC1)c1ccc(-n2cccc2)cc1. The third kappa shape index (κ3) is 3.18. The molecule has 3 rings (SSSR count). The molecule has 0 radical (unpaired) electrons. The molecule has 3 heteroatoms. The van der Waals surface area contributed by atoms with E-state index in [1.165, 1.54) is 12.8 Å². The molecule has 1 fully saturated rings. The zero-order valence-corrected chi connectivity index (χ0v) is 12.5. The van der Waals surface area contributed by atoms with E-state index in [0.29, 0.717) is 0 Å². The molecule has 0 spiro atoms. The van der Waals surface area contributed by atoms with Crippen LogP contribution < -0.4 is 5.32 Å². The molecule has 1 aliphatic rings. The summed E-state index contributed by atoms with van der Waals surface area (Å²) in [5, 5.41) is 3.15. The molecule has 1 aromatic carbocycles. The molecule has 3 nitrogen and oxygen atoms in total. The lowest BCUT2D eigenvalue weighted by molar-refractivity contribution is -0.125. The van der Waals surface area contributed by atoms with Gasteiger partial charge in [0.25, 0.3) is 0 Å². The van der Waals surface area contributed by atoms with Crippen LogP contribution in [0.2, 0.25) is 0 Å². The Hall–Kier alpha value is -2.03. The van der Waals surface area contributed by atoms with Crippen molar-refractivity contribution < 1.29 is 4.79 Å². The highest BCUT2D eigenvalue weighted by molar-refractivity contribution is 5.79. The first kappa shape index (κ1) is 13.9. The van der Waals surface area contributed by atoms with Crippen LogP contribution >= 0.6 is 0 Å². The van der Waals surface area contributed by atoms with E-state index >= 15 is 0 Å². The fourth-order valence-corrected chi connectivity index (χ4v) is 3.04. The summed E-state index contributed by atoms with van der Waals surface area (Å²) >= 11 is 0. The maximum absolute atomic E-state index is 12.2. The summed E-state index contributed by atoms with van der Waals surface area (Å²) < 4.78 is 2.07. The van der Waals surface area contributed by atoms with Crippen LogP contribution in [0.15, 0.2) is 48.8 Å². The van der Waals surface area contributed by atoms with Crippen LogP contribution in [-0.4, -0.2) is 10.5 Å². The highest BCUT2D eigenvalue weighted by Crippen LogP contribution is 2.26. The van der Waals surface area contributed by atoms with Crippen LogP contribution in [0.1, 0.15) is 44.2 Å². The quantitative estimate of drug-likeness (QED) is 0.908. The van der Waals surface area contributed by atoms with Gasteiger partial charge in [-0.2, -0.15) is 0 Å². The Morgan fingerprint density at radius 1 is 1.14 bits per heavy atom. The third-order valence-corrected chi connectivity index (χ3v) is 4.38. The monoisotopic (exact) mass is 282 g/mol. The molecule has 1 N–H and O–H groups in total. The number of hydrogen-bond donors (Lipinski definition) is 1. The maximum atomic E-state index is 12.2. The van der Waals surface area contributed by atoms with Crippen LogP contribution in [0.25, 0.3) is 5.69 Å². The number of carbonyl (C=O) groups is 1. The van der Waals surface area contributed by atoms with E-state index in [1.807, 2.05) is 24.5 Å². The molecule has 1 atom stereocenters. The molecule has 0 unspecified atom stereocenters. The zero-order chi connectivity index (χ0) is 14.7. The van der Waals surface area contributed by atoms with Crippen molar-refractivity contribution in [1.29, 1.82) is 0 Å². The first-order chi connectivity index (χ1) is 10.2. The summed E-state index contributed by atoms with van der Waals surface area (Å²) in [5.41, 5.74) is 2.29. The molecule has 1 amide bonds. The van der Waals surface area contributed by atoms with Gasteiger partial charge in [0.05, 0.1) is 6.04 Å². The van der Waals surface area contributed by atoms with Crippen molar-refractivity contribution in [2.75, 3.05) is 0 Å². The first-order valence-electron chi connectivity index (χ1n) is 7.78. The van der Waals surface area contributed by atoms with E-state index in [1.54, 1.807) is 0 Å². The Kier molecular flexibility index (Phi) is 4.09. The van der Waals surface area contributed by atoms with Gasteiger partial charge in [-0.3, -0.25) is 4.79 Å². The Morgan fingerprint density at radius 2 is 1.76 bits per heavy atom. The standard InChI is InChI=1S/C18H22N2O/c1-14(19-18(21)16-6-2-3-7-16)15-8-10-17(11-9-15)20-12-4-5-13-20/h4-5,8-14,16H,2-3,6-7H2,1H3,(H,19,21)/t14-/m1/s1. The van der Waals surface area contributed by atoms with Crippen LogP contribution in [0.3, 0.4) is 0 Å². The number of nitrogens with one attached hydrogen (secondary N) is 1. The van der Waals surface area contributed by atoms with Gasteiger partial charge >= 0.3 is 0 Å². The van der Waals surface area contributed by atoms with Crippen molar-refractivity contribution in [3.63, 3.8) is 0 Å². The Morgan fingerprint density at radius 3 is 2.38 bits per heavy atom. The van der Waals surface area contributed by atoms with Gasteiger partial charge in [-0.15, -0.1) is 0 Å². The summed E-state index contributed by atoms with van der Waals surface area (Å²) in [5.74, 6) is 0.445. The predicted octanol–water partition coefficient (Wildman–Crippen LogP) is 3.84. The predicted molar refractivity (Wildman–Crippen MR) is 84.3 cm³/mol. The number of benzene rings is 1. The molecular weight excluding hydrogens is 260 g/mol. The number of carbonyl (C=O) groups excluding carboxylic acids is 1. The molecule has 1 saturated carbocycles. The van der Waals surface area contributed by atoms with Crippen molar-refractivity contribution in [2.45, 2.75) is 38.6 Å². The van der Waals surface area contributed by atoms with Gasteiger partial charge in [-0.25, -0.2) is 0 Å². The lowest BCUT2D eigenvalue weighted by atomic mass is 10.0. The number of amides is 1. The van der Waals surface area contributed by atoms with E-state index < -0.39 is 0 Å². The second kappa shape index (κ2) is 6.17. The van der Waals surface area contributed by atoms with Crippen molar-refractivity contribution in [1.82, 2.24) is 9.88 Å². The molecule has 21 heavy (non-hydrogen) atoms. The minimum absolute atomic E-state index is 0.0665. The Balaban J connectivity index is 1.64. The minimum atomic E-state index is 0.0665. The third-order valence-electron chi connectivity index (χ3n) is 4.38. The largest absolute Gasteiger partial charge is 0.349 e. The summed E-state index contributed by atoms with van der Waals surface area (Å²) in [6.45, 7) is 2.05. The molecule has 0 saturated heterocycles. The van der Waals surface area contributed by atoms with Gasteiger partial charge in [0.1, 0.15) is 0 Å². The van der Waals surface area contributed by atoms with Crippen molar-refractivity contribution in [2.24, 2.45) is 5.92 Å². The Labute approximate surface area is 126 Å². The molecule has 2 aromatic rings. The van der Waals surface area contributed by atoms with E-state index in [2.05, 4.69) is 41.1 Å². The van der Waals surface area contributed by atoms with Crippen LogP contribution in [0, 0.1) is 5.92 Å². The minimum Gasteiger partial charge on any atom is -0.349 e. The van der Waals surface area contributed by atoms with Crippen molar-refractivity contribution >= 4 is 5.91 Å². The average molecular weight is 282 g/mol.